The summed E-state index contributed by atoms with van der Waals surface area (Å²) in [5.74, 6) is -1.74. The number of benzene rings is 1. The van der Waals surface area contributed by atoms with Crippen LogP contribution in [-0.2, 0) is 22.3 Å². The molecule has 0 saturated carbocycles. The minimum Gasteiger partial charge on any atom is -0.355 e. The molecule has 0 saturated heterocycles. The summed E-state index contributed by atoms with van der Waals surface area (Å²) in [6.07, 6.45) is -4.77. The predicted molar refractivity (Wildman–Crippen MR) is 80.3 cm³/mol. The highest BCUT2D eigenvalue weighted by Gasteiger charge is 2.33. The van der Waals surface area contributed by atoms with Gasteiger partial charge in [-0.05, 0) is 17.7 Å². The maximum Gasteiger partial charge on any atom is 0.416 e. The van der Waals surface area contributed by atoms with Gasteiger partial charge >= 0.3 is 6.18 Å². The molecule has 0 unspecified atom stereocenters. The van der Waals surface area contributed by atoms with Crippen LogP contribution in [0.5, 0.6) is 0 Å². The Morgan fingerprint density at radius 1 is 1.08 bits per heavy atom. The van der Waals surface area contributed by atoms with E-state index in [1.807, 2.05) is 0 Å². The van der Waals surface area contributed by atoms with Crippen LogP contribution >= 0.6 is 0 Å². The smallest absolute Gasteiger partial charge is 0.355 e. The number of nitrogens with one attached hydrogen (secondary N) is 2. The molecule has 0 aliphatic rings. The lowest BCUT2D eigenvalue weighted by Gasteiger charge is -2.17. The lowest BCUT2D eigenvalue weighted by molar-refractivity contribution is -0.138. The first-order chi connectivity index (χ1) is 10.9. The maximum atomic E-state index is 13.0. The Morgan fingerprint density at radius 2 is 1.71 bits per heavy atom. The molecule has 0 bridgehead atoms. The molecule has 0 heterocycles. The molecule has 2 N–H and O–H groups in total. The summed E-state index contributed by atoms with van der Waals surface area (Å²) in [6.45, 7) is 4.86. The third-order valence-corrected chi connectivity index (χ3v) is 3.17. The van der Waals surface area contributed by atoms with Gasteiger partial charge in [0.2, 0.25) is 11.8 Å². The molecule has 0 aliphatic carbocycles. The molecule has 134 valence electrons. The van der Waals surface area contributed by atoms with Gasteiger partial charge in [-0.2, -0.15) is 13.2 Å². The van der Waals surface area contributed by atoms with Crippen LogP contribution in [0.2, 0.25) is 0 Å². The Balaban J connectivity index is 2.55. The van der Waals surface area contributed by atoms with Crippen molar-refractivity contribution in [2.24, 2.45) is 5.41 Å². The molecule has 0 spiro atoms. The van der Waals surface area contributed by atoms with Gasteiger partial charge in [-0.3, -0.25) is 9.59 Å². The third kappa shape index (κ3) is 6.17. The molecule has 0 aliphatic heterocycles. The van der Waals surface area contributed by atoms with E-state index >= 15 is 0 Å². The second kappa shape index (κ2) is 7.63. The molecule has 1 aromatic rings. The van der Waals surface area contributed by atoms with Gasteiger partial charge in [0, 0.05) is 24.9 Å². The van der Waals surface area contributed by atoms with Gasteiger partial charge in [0.1, 0.15) is 5.82 Å². The second-order valence-electron chi connectivity index (χ2n) is 6.33. The normalized spacial score (nSPS) is 12.0. The van der Waals surface area contributed by atoms with E-state index in [0.717, 1.165) is 12.1 Å². The number of carbonyl (C=O) groups is 2. The molecular weight excluding hydrogens is 328 g/mol. The highest BCUT2D eigenvalue weighted by atomic mass is 19.4. The first-order valence-corrected chi connectivity index (χ1v) is 7.32. The summed E-state index contributed by atoms with van der Waals surface area (Å²) in [7, 11) is 0. The average molecular weight is 348 g/mol. The van der Waals surface area contributed by atoms with Crippen molar-refractivity contribution in [2.45, 2.75) is 39.9 Å². The number of carbonyl (C=O) groups excluding carboxylic acids is 2. The zero-order valence-corrected chi connectivity index (χ0v) is 13.7. The van der Waals surface area contributed by atoms with Crippen LogP contribution in [0, 0.1) is 11.2 Å². The topological polar surface area (TPSA) is 58.2 Å². The van der Waals surface area contributed by atoms with Crippen LogP contribution < -0.4 is 10.6 Å². The molecule has 0 aromatic heterocycles. The number of hydrogen-bond acceptors (Lipinski definition) is 2. The van der Waals surface area contributed by atoms with Crippen molar-refractivity contribution in [3.8, 4) is 0 Å². The molecule has 2 amide bonds. The first kappa shape index (κ1) is 19.9. The Labute approximate surface area is 137 Å². The molecule has 1 rings (SSSR count). The van der Waals surface area contributed by atoms with Crippen LogP contribution in [-0.4, -0.2) is 18.4 Å². The Hall–Kier alpha value is -2.12. The Bertz CT molecular complexity index is 607. The van der Waals surface area contributed by atoms with E-state index in [9.17, 15) is 27.2 Å². The van der Waals surface area contributed by atoms with Crippen molar-refractivity contribution in [2.75, 3.05) is 6.54 Å². The predicted octanol–water partition coefficient (Wildman–Crippen LogP) is 3.01. The van der Waals surface area contributed by atoms with E-state index in [1.165, 1.54) is 0 Å². The van der Waals surface area contributed by atoms with E-state index < -0.39 is 28.9 Å². The Kier molecular flexibility index (Phi) is 6.34. The van der Waals surface area contributed by atoms with E-state index in [4.69, 9.17) is 0 Å². The van der Waals surface area contributed by atoms with Crippen molar-refractivity contribution in [1.29, 1.82) is 0 Å². The second-order valence-corrected chi connectivity index (χ2v) is 6.33. The lowest BCUT2D eigenvalue weighted by Crippen LogP contribution is -2.37. The van der Waals surface area contributed by atoms with Crippen molar-refractivity contribution < 1.29 is 27.2 Å². The summed E-state index contributed by atoms with van der Waals surface area (Å²) in [6, 6.07) is 2.28. The number of alkyl halides is 3. The van der Waals surface area contributed by atoms with Gasteiger partial charge in [0.05, 0.1) is 5.56 Å². The summed E-state index contributed by atoms with van der Waals surface area (Å²) in [5.41, 5.74) is -1.94. The number of amides is 2. The van der Waals surface area contributed by atoms with Gasteiger partial charge in [-0.25, -0.2) is 4.39 Å². The molecule has 0 atom stereocenters. The van der Waals surface area contributed by atoms with Gasteiger partial charge in [-0.1, -0.05) is 26.8 Å². The van der Waals surface area contributed by atoms with Gasteiger partial charge < -0.3 is 10.6 Å². The van der Waals surface area contributed by atoms with E-state index in [0.29, 0.717) is 6.07 Å². The standard InChI is InChI=1S/C16H20F4N2O2/c1-15(2,3)14(24)21-7-6-13(23)22-9-10-4-5-11(17)8-12(10)16(18,19)20/h4-5,8H,6-7,9H2,1-3H3,(H,21,24)(H,22,23). The number of halogens is 4. The van der Waals surface area contributed by atoms with E-state index in [-0.39, 0.29) is 31.0 Å². The molecule has 8 heteroatoms. The fraction of sp³-hybridized carbons (Fsp3) is 0.500. The SMILES string of the molecule is CC(C)(C)C(=O)NCCC(=O)NCc1ccc(F)cc1C(F)(F)F. The minimum absolute atomic E-state index is 0.0651. The van der Waals surface area contributed by atoms with Crippen LogP contribution in [0.3, 0.4) is 0 Å². The minimum atomic E-state index is -4.71. The zero-order valence-electron chi connectivity index (χ0n) is 13.7. The highest BCUT2D eigenvalue weighted by molar-refractivity contribution is 5.82. The van der Waals surface area contributed by atoms with Crippen molar-refractivity contribution >= 4 is 11.8 Å². The number of rotatable bonds is 5. The molecule has 0 radical (unpaired) electrons. The summed E-state index contributed by atoms with van der Waals surface area (Å²) < 4.78 is 51.5. The highest BCUT2D eigenvalue weighted by Crippen LogP contribution is 2.32. The number of hydrogen-bond donors (Lipinski definition) is 2. The van der Waals surface area contributed by atoms with Crippen LogP contribution in [0.25, 0.3) is 0 Å². The molecular formula is C16H20F4N2O2. The lowest BCUT2D eigenvalue weighted by atomic mass is 9.96. The van der Waals surface area contributed by atoms with Crippen LogP contribution in [0.15, 0.2) is 18.2 Å². The van der Waals surface area contributed by atoms with Crippen molar-refractivity contribution in [1.82, 2.24) is 10.6 Å². The van der Waals surface area contributed by atoms with E-state index in [2.05, 4.69) is 10.6 Å². The molecule has 1 aromatic carbocycles. The fourth-order valence-electron chi connectivity index (χ4n) is 1.80. The summed E-state index contributed by atoms with van der Waals surface area (Å²) in [5, 5.41) is 4.90. The van der Waals surface area contributed by atoms with Gasteiger partial charge in [0.15, 0.2) is 0 Å². The average Bonchev–Trinajstić information content (AvgIpc) is 2.43. The molecule has 24 heavy (non-hydrogen) atoms. The molecule has 0 fully saturated rings. The first-order valence-electron chi connectivity index (χ1n) is 7.32. The molecule has 4 nitrogen and oxygen atoms in total. The van der Waals surface area contributed by atoms with E-state index in [1.54, 1.807) is 20.8 Å². The fourth-order valence-corrected chi connectivity index (χ4v) is 1.80. The summed E-state index contributed by atoms with van der Waals surface area (Å²) >= 11 is 0. The quantitative estimate of drug-likeness (QED) is 0.804. The maximum absolute atomic E-state index is 13.0. The van der Waals surface area contributed by atoms with Crippen molar-refractivity contribution in [3.05, 3.63) is 35.1 Å². The van der Waals surface area contributed by atoms with Gasteiger partial charge in [0.25, 0.3) is 0 Å². The van der Waals surface area contributed by atoms with Crippen LogP contribution in [0.4, 0.5) is 17.6 Å². The largest absolute Gasteiger partial charge is 0.416 e. The van der Waals surface area contributed by atoms with Crippen molar-refractivity contribution in [3.63, 3.8) is 0 Å². The van der Waals surface area contributed by atoms with Gasteiger partial charge in [-0.15, -0.1) is 0 Å². The third-order valence-electron chi connectivity index (χ3n) is 3.17. The zero-order chi connectivity index (χ0) is 18.5. The monoisotopic (exact) mass is 348 g/mol. The van der Waals surface area contributed by atoms with Crippen LogP contribution in [0.1, 0.15) is 38.3 Å². The Morgan fingerprint density at radius 3 is 2.25 bits per heavy atom. The summed E-state index contributed by atoms with van der Waals surface area (Å²) in [4.78, 5) is 23.3.